The third-order valence-electron chi connectivity index (χ3n) is 3.73. The number of nitrogens with one attached hydrogen (secondary N) is 1. The molecular formula is C14H18F3N3O. The third-order valence-corrected chi connectivity index (χ3v) is 3.73. The van der Waals surface area contributed by atoms with Crippen LogP contribution in [0.3, 0.4) is 0 Å². The maximum Gasteiger partial charge on any atom is 0.416 e. The van der Waals surface area contributed by atoms with Crippen molar-refractivity contribution in [1.82, 2.24) is 10.2 Å². The van der Waals surface area contributed by atoms with Crippen molar-refractivity contribution in [2.24, 2.45) is 0 Å². The number of likely N-dealkylation sites (N-methyl/N-ethyl adjacent to an activating group) is 1. The molecule has 1 heterocycles. The number of carbonyl (C=O) groups excluding carboxylic acids is 1. The van der Waals surface area contributed by atoms with E-state index in [2.05, 4.69) is 5.32 Å². The van der Waals surface area contributed by atoms with Gasteiger partial charge in [-0.1, -0.05) is 6.07 Å². The molecule has 1 aliphatic heterocycles. The summed E-state index contributed by atoms with van der Waals surface area (Å²) >= 11 is 0. The molecule has 0 saturated carbocycles. The van der Waals surface area contributed by atoms with E-state index in [1.165, 1.54) is 19.2 Å². The van der Waals surface area contributed by atoms with Crippen LogP contribution in [0.4, 0.5) is 18.9 Å². The van der Waals surface area contributed by atoms with Gasteiger partial charge in [0.2, 0.25) is 5.91 Å². The number of anilines is 1. The second-order valence-electron chi connectivity index (χ2n) is 5.16. The number of nitrogen functional groups attached to an aromatic ring is 1. The van der Waals surface area contributed by atoms with Gasteiger partial charge in [0.1, 0.15) is 0 Å². The third kappa shape index (κ3) is 3.47. The van der Waals surface area contributed by atoms with Gasteiger partial charge in [0.15, 0.2) is 0 Å². The average Bonchev–Trinajstić information content (AvgIpc) is 2.87. The average molecular weight is 301 g/mol. The second-order valence-corrected chi connectivity index (χ2v) is 5.16. The highest BCUT2D eigenvalue weighted by Gasteiger charge is 2.36. The summed E-state index contributed by atoms with van der Waals surface area (Å²) < 4.78 is 39.2. The summed E-state index contributed by atoms with van der Waals surface area (Å²) in [6, 6.07) is 3.42. The molecule has 3 N–H and O–H groups in total. The highest BCUT2D eigenvalue weighted by atomic mass is 19.4. The van der Waals surface area contributed by atoms with E-state index >= 15 is 0 Å². The van der Waals surface area contributed by atoms with Crippen LogP contribution in [-0.2, 0) is 17.5 Å². The Labute approximate surface area is 121 Å². The van der Waals surface area contributed by atoms with E-state index in [1.807, 2.05) is 0 Å². The SMILES string of the molecule is CNC(=O)C1CCCN1Cc1ccc(N)cc1C(F)(F)F. The summed E-state index contributed by atoms with van der Waals surface area (Å²) in [6.45, 7) is 0.701. The van der Waals surface area contributed by atoms with Gasteiger partial charge < -0.3 is 11.1 Å². The lowest BCUT2D eigenvalue weighted by Gasteiger charge is -2.24. The minimum Gasteiger partial charge on any atom is -0.399 e. The van der Waals surface area contributed by atoms with Crippen LogP contribution in [0.25, 0.3) is 0 Å². The molecule has 0 radical (unpaired) electrons. The Balaban J connectivity index is 2.25. The molecule has 1 fully saturated rings. The van der Waals surface area contributed by atoms with E-state index in [9.17, 15) is 18.0 Å². The first-order valence-corrected chi connectivity index (χ1v) is 6.74. The number of hydrogen-bond donors (Lipinski definition) is 2. The number of hydrogen-bond acceptors (Lipinski definition) is 3. The molecule has 1 unspecified atom stereocenters. The van der Waals surface area contributed by atoms with Crippen LogP contribution < -0.4 is 11.1 Å². The number of rotatable bonds is 3. The topological polar surface area (TPSA) is 58.4 Å². The maximum atomic E-state index is 13.1. The molecule has 0 aromatic heterocycles. The molecule has 4 nitrogen and oxygen atoms in total. The zero-order valence-electron chi connectivity index (χ0n) is 11.7. The predicted molar refractivity (Wildman–Crippen MR) is 73.4 cm³/mol. The van der Waals surface area contributed by atoms with Gasteiger partial charge in [-0.3, -0.25) is 9.69 Å². The fourth-order valence-corrected chi connectivity index (χ4v) is 2.69. The van der Waals surface area contributed by atoms with E-state index in [-0.39, 0.29) is 29.7 Å². The number of alkyl halides is 3. The van der Waals surface area contributed by atoms with Crippen LogP contribution in [0, 0.1) is 0 Å². The monoisotopic (exact) mass is 301 g/mol. The quantitative estimate of drug-likeness (QED) is 0.840. The molecule has 1 aromatic rings. The first-order valence-electron chi connectivity index (χ1n) is 6.74. The fourth-order valence-electron chi connectivity index (χ4n) is 2.69. The standard InChI is InChI=1S/C14H18F3N3O/c1-19-13(21)12-3-2-6-20(12)8-9-4-5-10(18)7-11(9)14(15,16)17/h4-5,7,12H,2-3,6,8,18H2,1H3,(H,19,21). The molecule has 0 bridgehead atoms. The van der Waals surface area contributed by atoms with Gasteiger partial charge in [0.05, 0.1) is 11.6 Å². The molecule has 116 valence electrons. The number of nitrogens with two attached hydrogens (primary N) is 1. The Morgan fingerprint density at radius 1 is 1.48 bits per heavy atom. The van der Waals surface area contributed by atoms with Crippen LogP contribution in [0.2, 0.25) is 0 Å². The maximum absolute atomic E-state index is 13.1. The van der Waals surface area contributed by atoms with Gasteiger partial charge in [-0.25, -0.2) is 0 Å². The summed E-state index contributed by atoms with van der Waals surface area (Å²) in [5, 5.41) is 2.55. The predicted octanol–water partition coefficient (Wildman–Crippen LogP) is 2.00. The van der Waals surface area contributed by atoms with Crippen molar-refractivity contribution in [3.8, 4) is 0 Å². The Hall–Kier alpha value is -1.76. The van der Waals surface area contributed by atoms with E-state index < -0.39 is 11.7 Å². The van der Waals surface area contributed by atoms with Gasteiger partial charge in [-0.15, -0.1) is 0 Å². The van der Waals surface area contributed by atoms with Crippen molar-refractivity contribution in [2.45, 2.75) is 31.6 Å². The second kappa shape index (κ2) is 5.93. The first kappa shape index (κ1) is 15.6. The number of amides is 1. The largest absolute Gasteiger partial charge is 0.416 e. The van der Waals surface area contributed by atoms with E-state index in [4.69, 9.17) is 5.73 Å². The molecule has 0 spiro atoms. The van der Waals surface area contributed by atoms with Crippen LogP contribution in [0.1, 0.15) is 24.0 Å². The summed E-state index contributed by atoms with van der Waals surface area (Å²) in [6.07, 6.45) is -2.99. The smallest absolute Gasteiger partial charge is 0.399 e. The molecular weight excluding hydrogens is 283 g/mol. The molecule has 1 aromatic carbocycles. The number of nitrogens with zero attached hydrogens (tertiary/aromatic N) is 1. The summed E-state index contributed by atoms with van der Waals surface area (Å²) in [5.41, 5.74) is 4.95. The summed E-state index contributed by atoms with van der Waals surface area (Å²) in [7, 11) is 1.53. The summed E-state index contributed by atoms with van der Waals surface area (Å²) in [5.74, 6) is -0.156. The lowest BCUT2D eigenvalue weighted by Crippen LogP contribution is -2.41. The number of halogens is 3. The number of carbonyl (C=O) groups is 1. The minimum absolute atomic E-state index is 0.0790. The molecule has 0 aliphatic carbocycles. The first-order chi connectivity index (χ1) is 9.82. The van der Waals surface area contributed by atoms with Gasteiger partial charge in [0.25, 0.3) is 0 Å². The molecule has 21 heavy (non-hydrogen) atoms. The Morgan fingerprint density at radius 3 is 2.81 bits per heavy atom. The Kier molecular flexibility index (Phi) is 4.41. The Morgan fingerprint density at radius 2 is 2.19 bits per heavy atom. The van der Waals surface area contributed by atoms with Crippen molar-refractivity contribution in [3.63, 3.8) is 0 Å². The van der Waals surface area contributed by atoms with Crippen molar-refractivity contribution in [3.05, 3.63) is 29.3 Å². The van der Waals surface area contributed by atoms with Gasteiger partial charge in [0, 0.05) is 19.3 Å². The lowest BCUT2D eigenvalue weighted by atomic mass is 10.0. The molecule has 7 heteroatoms. The van der Waals surface area contributed by atoms with E-state index in [0.29, 0.717) is 13.0 Å². The van der Waals surface area contributed by atoms with Crippen LogP contribution in [-0.4, -0.2) is 30.4 Å². The van der Waals surface area contributed by atoms with Crippen molar-refractivity contribution >= 4 is 11.6 Å². The fraction of sp³-hybridized carbons (Fsp3) is 0.500. The molecule has 1 atom stereocenters. The minimum atomic E-state index is -4.45. The van der Waals surface area contributed by atoms with Gasteiger partial charge >= 0.3 is 6.18 Å². The van der Waals surface area contributed by atoms with Crippen LogP contribution >= 0.6 is 0 Å². The van der Waals surface area contributed by atoms with Crippen LogP contribution in [0.15, 0.2) is 18.2 Å². The van der Waals surface area contributed by atoms with Crippen LogP contribution in [0.5, 0.6) is 0 Å². The molecule has 1 amide bonds. The zero-order chi connectivity index (χ0) is 15.6. The van der Waals surface area contributed by atoms with Crippen molar-refractivity contribution in [2.75, 3.05) is 19.3 Å². The zero-order valence-corrected chi connectivity index (χ0v) is 11.7. The number of benzene rings is 1. The number of likely N-dealkylation sites (tertiary alicyclic amines) is 1. The van der Waals surface area contributed by atoms with E-state index in [0.717, 1.165) is 12.5 Å². The van der Waals surface area contributed by atoms with E-state index in [1.54, 1.807) is 4.90 Å². The lowest BCUT2D eigenvalue weighted by molar-refractivity contribution is -0.138. The van der Waals surface area contributed by atoms with Crippen molar-refractivity contribution in [1.29, 1.82) is 0 Å². The molecule has 2 rings (SSSR count). The van der Waals surface area contributed by atoms with Gasteiger partial charge in [-0.2, -0.15) is 13.2 Å². The molecule has 1 aliphatic rings. The molecule has 1 saturated heterocycles. The summed E-state index contributed by atoms with van der Waals surface area (Å²) in [4.78, 5) is 13.5. The van der Waals surface area contributed by atoms with Crippen molar-refractivity contribution < 1.29 is 18.0 Å². The van der Waals surface area contributed by atoms with Gasteiger partial charge in [-0.05, 0) is 37.1 Å². The Bertz CT molecular complexity index is 531. The highest BCUT2D eigenvalue weighted by Crippen LogP contribution is 2.34. The normalized spacial score (nSPS) is 19.7. The highest BCUT2D eigenvalue weighted by molar-refractivity contribution is 5.81.